The number of hydrogen-bond acceptors (Lipinski definition) is 4. The number of rotatable bonds is 4. The minimum absolute atomic E-state index is 0.0788. The van der Waals surface area contributed by atoms with Gasteiger partial charge in [0.1, 0.15) is 6.07 Å². The highest BCUT2D eigenvalue weighted by Gasteiger charge is 2.40. The molecular weight excluding hydrogens is 391 g/mol. The van der Waals surface area contributed by atoms with Crippen molar-refractivity contribution in [2.75, 3.05) is 41.7 Å². The van der Waals surface area contributed by atoms with Crippen LogP contribution in [0.2, 0.25) is 0 Å². The second-order valence-corrected chi connectivity index (χ2v) is 8.04. The molecule has 0 saturated heterocycles. The van der Waals surface area contributed by atoms with Crippen molar-refractivity contribution in [3.63, 3.8) is 0 Å². The summed E-state index contributed by atoms with van der Waals surface area (Å²) in [6.45, 7) is 6.22. The van der Waals surface area contributed by atoms with Crippen LogP contribution in [0.5, 0.6) is 0 Å². The van der Waals surface area contributed by atoms with E-state index in [9.17, 15) is 5.26 Å². The van der Waals surface area contributed by atoms with Crippen LogP contribution < -0.4 is 20.0 Å². The Morgan fingerprint density at radius 3 is 1.97 bits per heavy atom. The molecule has 5 heteroatoms. The monoisotopic (exact) mass is 418 g/mol. The van der Waals surface area contributed by atoms with E-state index in [0.29, 0.717) is 5.56 Å². The van der Waals surface area contributed by atoms with Crippen LogP contribution in [0.3, 0.4) is 0 Å². The molecule has 0 aliphatic carbocycles. The Morgan fingerprint density at radius 2 is 1.44 bits per heavy atom. The number of fused-ring (bicyclic) bond motifs is 1. The Bertz CT molecular complexity index is 1180. The van der Waals surface area contributed by atoms with Gasteiger partial charge in [0.15, 0.2) is 0 Å². The van der Waals surface area contributed by atoms with Crippen molar-refractivity contribution in [2.45, 2.75) is 13.8 Å². The predicted octanol–water partition coefficient (Wildman–Crippen LogP) is 4.09. The van der Waals surface area contributed by atoms with Crippen molar-refractivity contribution in [1.29, 1.82) is 5.26 Å². The van der Waals surface area contributed by atoms with Crippen molar-refractivity contribution in [3.05, 3.63) is 83.4 Å². The van der Waals surface area contributed by atoms with Gasteiger partial charge in [0.25, 0.3) is 0 Å². The van der Waals surface area contributed by atoms with Gasteiger partial charge in [0.2, 0.25) is 0 Å². The molecule has 0 unspecified atom stereocenters. The molecule has 158 valence electrons. The summed E-state index contributed by atoms with van der Waals surface area (Å²) in [5, 5.41) is 9.85. The normalized spacial score (nSPS) is 12.2. The quantitative estimate of drug-likeness (QED) is 0.472. The molecule has 4 nitrogen and oxygen atoms in total. The van der Waals surface area contributed by atoms with E-state index in [2.05, 4.69) is 88.7 Å². The first-order valence-corrected chi connectivity index (χ1v) is 11.0. The smallest absolute Gasteiger partial charge is 0.391 e. The molecule has 32 heavy (non-hydrogen) atoms. The SMILES string of the molecule is CCN1B(c2ccc(C#Cc3ccc(N(C)C)cc3)c(C#N)c2)N(CC)c2ccccc21. The Hall–Kier alpha value is -3.83. The number of hydrogen-bond donors (Lipinski definition) is 0. The fraction of sp³-hybridized carbons (Fsp3) is 0.222. The third kappa shape index (κ3) is 3.91. The highest BCUT2D eigenvalue weighted by molar-refractivity contribution is 6.82. The highest BCUT2D eigenvalue weighted by atomic mass is 15.3. The lowest BCUT2D eigenvalue weighted by Crippen LogP contribution is -2.56. The summed E-state index contributed by atoms with van der Waals surface area (Å²) in [7, 11) is 4.03. The fourth-order valence-corrected chi connectivity index (χ4v) is 4.33. The Kier molecular flexibility index (Phi) is 6.10. The van der Waals surface area contributed by atoms with Crippen molar-refractivity contribution in [2.24, 2.45) is 0 Å². The maximum Gasteiger partial charge on any atom is 0.411 e. The van der Waals surface area contributed by atoms with Gasteiger partial charge >= 0.3 is 6.98 Å². The van der Waals surface area contributed by atoms with Gasteiger partial charge in [0, 0.05) is 55.4 Å². The predicted molar refractivity (Wildman–Crippen MR) is 136 cm³/mol. The summed E-state index contributed by atoms with van der Waals surface area (Å²) in [5.41, 5.74) is 7.04. The van der Waals surface area contributed by atoms with E-state index in [1.54, 1.807) is 0 Å². The van der Waals surface area contributed by atoms with E-state index in [4.69, 9.17) is 0 Å². The van der Waals surface area contributed by atoms with Crippen molar-refractivity contribution >= 4 is 29.5 Å². The maximum atomic E-state index is 9.85. The van der Waals surface area contributed by atoms with Crippen LogP contribution in [-0.2, 0) is 0 Å². The number of nitriles is 1. The second kappa shape index (κ2) is 9.12. The summed E-state index contributed by atoms with van der Waals surface area (Å²) < 4.78 is 0. The lowest BCUT2D eigenvalue weighted by Gasteiger charge is -2.28. The second-order valence-electron chi connectivity index (χ2n) is 8.04. The molecule has 0 atom stereocenters. The lowest BCUT2D eigenvalue weighted by atomic mass is 9.64. The first kappa shape index (κ1) is 21.4. The molecule has 0 fully saturated rings. The van der Waals surface area contributed by atoms with Crippen LogP contribution in [0.1, 0.15) is 30.5 Å². The summed E-state index contributed by atoms with van der Waals surface area (Å²) in [6, 6.07) is 25.1. The topological polar surface area (TPSA) is 33.5 Å². The zero-order valence-corrected chi connectivity index (χ0v) is 19.1. The van der Waals surface area contributed by atoms with Gasteiger partial charge in [0.05, 0.1) is 5.56 Å². The van der Waals surface area contributed by atoms with Gasteiger partial charge in [-0.15, -0.1) is 0 Å². The molecule has 0 N–H and O–H groups in total. The largest absolute Gasteiger partial charge is 0.411 e. The van der Waals surface area contributed by atoms with Crippen molar-refractivity contribution in [3.8, 4) is 17.9 Å². The Balaban J connectivity index is 1.67. The third-order valence-corrected chi connectivity index (χ3v) is 5.96. The summed E-state index contributed by atoms with van der Waals surface area (Å²) in [5.74, 6) is 6.41. The van der Waals surface area contributed by atoms with E-state index >= 15 is 0 Å². The first-order chi connectivity index (χ1) is 15.6. The molecule has 0 spiro atoms. The standard InChI is InChI=1S/C27H27BN4/c1-5-31-26-9-7-8-10-27(26)32(6-2)28(31)24-16-15-22(23(19-24)20-29)14-11-21-12-17-25(18-13-21)30(3)4/h7-10,12-13,15-19H,5-6H2,1-4H3. The zero-order valence-electron chi connectivity index (χ0n) is 19.1. The van der Waals surface area contributed by atoms with Gasteiger partial charge in [-0.05, 0) is 67.8 Å². The average molecular weight is 418 g/mol. The molecule has 0 aromatic heterocycles. The lowest BCUT2D eigenvalue weighted by molar-refractivity contribution is 1.06. The summed E-state index contributed by atoms with van der Waals surface area (Å²) >= 11 is 0. The van der Waals surface area contributed by atoms with Crippen molar-refractivity contribution in [1.82, 2.24) is 0 Å². The van der Waals surface area contributed by atoms with Crippen LogP contribution in [0, 0.1) is 23.2 Å². The van der Waals surface area contributed by atoms with E-state index in [1.807, 2.05) is 38.4 Å². The molecule has 0 saturated carbocycles. The van der Waals surface area contributed by atoms with Crippen LogP contribution >= 0.6 is 0 Å². The van der Waals surface area contributed by atoms with E-state index in [1.165, 1.54) is 11.4 Å². The zero-order chi connectivity index (χ0) is 22.7. The minimum atomic E-state index is 0.0788. The molecule has 3 aromatic carbocycles. The molecule has 3 aromatic rings. The van der Waals surface area contributed by atoms with E-state index in [0.717, 1.165) is 35.4 Å². The molecular formula is C27H27BN4. The molecule has 0 radical (unpaired) electrons. The number of nitrogens with zero attached hydrogens (tertiary/aromatic N) is 4. The van der Waals surface area contributed by atoms with Crippen LogP contribution in [0.4, 0.5) is 17.1 Å². The summed E-state index contributed by atoms with van der Waals surface area (Å²) in [6.07, 6.45) is 0. The number of benzene rings is 3. The molecule has 1 aliphatic heterocycles. The van der Waals surface area contributed by atoms with E-state index in [-0.39, 0.29) is 6.98 Å². The van der Waals surface area contributed by atoms with Crippen molar-refractivity contribution < 1.29 is 0 Å². The van der Waals surface area contributed by atoms with E-state index < -0.39 is 0 Å². The molecule has 0 amide bonds. The van der Waals surface area contributed by atoms with Crippen LogP contribution in [0.15, 0.2) is 66.7 Å². The Morgan fingerprint density at radius 1 is 0.812 bits per heavy atom. The van der Waals surface area contributed by atoms with Crippen LogP contribution in [-0.4, -0.2) is 34.2 Å². The minimum Gasteiger partial charge on any atom is -0.391 e. The molecule has 4 rings (SSSR count). The maximum absolute atomic E-state index is 9.85. The Labute approximate surface area is 191 Å². The summed E-state index contributed by atoms with van der Waals surface area (Å²) in [4.78, 5) is 6.85. The molecule has 0 bridgehead atoms. The fourth-order valence-electron chi connectivity index (χ4n) is 4.33. The van der Waals surface area contributed by atoms with Gasteiger partial charge in [-0.3, -0.25) is 0 Å². The highest BCUT2D eigenvalue weighted by Crippen LogP contribution is 2.37. The molecule has 1 heterocycles. The average Bonchev–Trinajstić information content (AvgIpc) is 3.16. The number of para-hydroxylation sites is 2. The van der Waals surface area contributed by atoms with Gasteiger partial charge in [-0.25, -0.2) is 0 Å². The number of anilines is 3. The van der Waals surface area contributed by atoms with Gasteiger partial charge in [-0.1, -0.05) is 30.0 Å². The third-order valence-electron chi connectivity index (χ3n) is 5.96. The van der Waals surface area contributed by atoms with Gasteiger partial charge < -0.3 is 14.5 Å². The van der Waals surface area contributed by atoms with Gasteiger partial charge in [-0.2, -0.15) is 5.26 Å². The first-order valence-electron chi connectivity index (χ1n) is 11.0. The van der Waals surface area contributed by atoms with Crippen LogP contribution in [0.25, 0.3) is 0 Å². The molecule has 1 aliphatic rings.